The van der Waals surface area contributed by atoms with E-state index in [1.165, 1.54) is 0 Å². The lowest BCUT2D eigenvalue weighted by Gasteiger charge is -2.12. The summed E-state index contributed by atoms with van der Waals surface area (Å²) in [6.07, 6.45) is 2.65. The molecule has 2 aromatic rings. The highest BCUT2D eigenvalue weighted by atomic mass is 16.7. The first-order valence-corrected chi connectivity index (χ1v) is 7.59. The lowest BCUT2D eigenvalue weighted by atomic mass is 10.2. The van der Waals surface area contributed by atoms with Crippen LogP contribution >= 0.6 is 0 Å². The van der Waals surface area contributed by atoms with Crippen LogP contribution in [0.1, 0.15) is 30.6 Å². The zero-order valence-electron chi connectivity index (χ0n) is 13.1. The molecule has 0 fully saturated rings. The van der Waals surface area contributed by atoms with Crippen molar-refractivity contribution < 1.29 is 14.3 Å². The Morgan fingerprint density at radius 1 is 1.26 bits per heavy atom. The third kappa shape index (κ3) is 3.53. The highest BCUT2D eigenvalue weighted by molar-refractivity contribution is 6.04. The number of hydrogen-bond donors (Lipinski definition) is 2. The summed E-state index contributed by atoms with van der Waals surface area (Å²) in [5.41, 5.74) is 1.15. The number of carbonyl (C=O) groups excluding carboxylic acids is 1. The smallest absolute Gasteiger partial charge is 0.255 e. The van der Waals surface area contributed by atoms with Crippen molar-refractivity contribution in [1.82, 2.24) is 4.98 Å². The molecule has 2 N–H and O–H groups in total. The van der Waals surface area contributed by atoms with Gasteiger partial charge in [-0.3, -0.25) is 4.79 Å². The second-order valence-corrected chi connectivity index (χ2v) is 5.41. The van der Waals surface area contributed by atoms with Gasteiger partial charge in [0.05, 0.1) is 11.9 Å². The first-order chi connectivity index (χ1) is 11.2. The Morgan fingerprint density at radius 2 is 2.09 bits per heavy atom. The van der Waals surface area contributed by atoms with Crippen molar-refractivity contribution in [1.29, 1.82) is 0 Å². The van der Waals surface area contributed by atoms with E-state index in [2.05, 4.69) is 29.5 Å². The summed E-state index contributed by atoms with van der Waals surface area (Å²) in [7, 11) is 0. The number of ether oxygens (including phenoxy) is 2. The van der Waals surface area contributed by atoms with E-state index in [1.807, 2.05) is 12.1 Å². The molecule has 1 aliphatic rings. The van der Waals surface area contributed by atoms with Gasteiger partial charge in [0.15, 0.2) is 11.5 Å². The van der Waals surface area contributed by atoms with Gasteiger partial charge in [0.2, 0.25) is 6.79 Å². The van der Waals surface area contributed by atoms with E-state index in [0.717, 1.165) is 12.2 Å². The first kappa shape index (κ1) is 15.1. The zero-order valence-corrected chi connectivity index (χ0v) is 13.1. The number of carbonyl (C=O) groups is 1. The van der Waals surface area contributed by atoms with Crippen LogP contribution < -0.4 is 20.1 Å². The molecule has 0 saturated carbocycles. The van der Waals surface area contributed by atoms with Gasteiger partial charge in [0.25, 0.3) is 5.91 Å². The number of nitrogens with one attached hydrogen (secondary N) is 2. The van der Waals surface area contributed by atoms with Gasteiger partial charge in [-0.25, -0.2) is 4.98 Å². The van der Waals surface area contributed by atoms with Crippen LogP contribution in [-0.2, 0) is 0 Å². The van der Waals surface area contributed by atoms with Crippen molar-refractivity contribution in [3.8, 4) is 11.5 Å². The van der Waals surface area contributed by atoms with Gasteiger partial charge in [0, 0.05) is 11.6 Å². The molecule has 1 aliphatic heterocycles. The van der Waals surface area contributed by atoms with E-state index in [1.54, 1.807) is 24.4 Å². The van der Waals surface area contributed by atoms with Crippen LogP contribution in [0, 0.1) is 0 Å². The van der Waals surface area contributed by atoms with Crippen LogP contribution in [0.25, 0.3) is 0 Å². The van der Waals surface area contributed by atoms with Crippen molar-refractivity contribution in [2.24, 2.45) is 0 Å². The minimum atomic E-state index is -0.215. The highest BCUT2D eigenvalue weighted by Gasteiger charge is 2.16. The molecule has 6 nitrogen and oxygen atoms in total. The molecule has 1 aromatic carbocycles. The number of amides is 1. The van der Waals surface area contributed by atoms with E-state index in [4.69, 9.17) is 9.47 Å². The predicted octanol–water partition coefficient (Wildman–Crippen LogP) is 3.27. The molecule has 0 aliphatic carbocycles. The fourth-order valence-corrected chi connectivity index (χ4v) is 2.15. The van der Waals surface area contributed by atoms with Crippen LogP contribution in [0.4, 0.5) is 11.5 Å². The maximum Gasteiger partial charge on any atom is 0.255 e. The van der Waals surface area contributed by atoms with Crippen LogP contribution in [0.2, 0.25) is 0 Å². The van der Waals surface area contributed by atoms with Crippen LogP contribution in [0.3, 0.4) is 0 Å². The topological polar surface area (TPSA) is 72.5 Å². The molecule has 3 rings (SSSR count). The summed E-state index contributed by atoms with van der Waals surface area (Å²) in [5.74, 6) is 1.82. The molecule has 0 bridgehead atoms. The Morgan fingerprint density at radius 3 is 2.83 bits per heavy atom. The summed E-state index contributed by atoms with van der Waals surface area (Å²) in [6, 6.07) is 9.13. The van der Waals surface area contributed by atoms with Crippen LogP contribution in [0.15, 0.2) is 36.5 Å². The molecule has 1 atom stereocenters. The number of rotatable bonds is 5. The maximum atomic E-state index is 12.3. The maximum absolute atomic E-state index is 12.3. The number of pyridine rings is 1. The summed E-state index contributed by atoms with van der Waals surface area (Å²) >= 11 is 0. The Labute approximate surface area is 134 Å². The van der Waals surface area contributed by atoms with Gasteiger partial charge >= 0.3 is 0 Å². The standard InChI is InChI=1S/C17H19N3O3/c1-3-11(2)19-16-7-5-13(9-18-16)20-17(21)12-4-6-14-15(8-12)23-10-22-14/h4-9,11H,3,10H2,1-2H3,(H,18,19)(H,20,21). The van der Waals surface area contributed by atoms with Crippen molar-refractivity contribution in [3.63, 3.8) is 0 Å². The third-order valence-corrected chi connectivity index (χ3v) is 3.66. The lowest BCUT2D eigenvalue weighted by Crippen LogP contribution is -2.15. The molecule has 0 radical (unpaired) electrons. The van der Waals surface area contributed by atoms with Crippen molar-refractivity contribution >= 4 is 17.4 Å². The summed E-state index contributed by atoms with van der Waals surface area (Å²) in [5, 5.41) is 6.10. The van der Waals surface area contributed by atoms with E-state index in [-0.39, 0.29) is 12.7 Å². The van der Waals surface area contributed by atoms with Crippen molar-refractivity contribution in [3.05, 3.63) is 42.1 Å². The molecule has 0 spiro atoms. The Hall–Kier alpha value is -2.76. The van der Waals surface area contributed by atoms with Gasteiger partial charge < -0.3 is 20.1 Å². The Balaban J connectivity index is 1.65. The van der Waals surface area contributed by atoms with E-state index in [0.29, 0.717) is 28.8 Å². The largest absolute Gasteiger partial charge is 0.454 e. The number of aromatic nitrogens is 1. The average Bonchev–Trinajstić information content (AvgIpc) is 3.04. The lowest BCUT2D eigenvalue weighted by molar-refractivity contribution is 0.102. The Bertz CT molecular complexity index is 701. The second kappa shape index (κ2) is 6.56. The average molecular weight is 313 g/mol. The minimum Gasteiger partial charge on any atom is -0.454 e. The van der Waals surface area contributed by atoms with E-state index in [9.17, 15) is 4.79 Å². The van der Waals surface area contributed by atoms with E-state index < -0.39 is 0 Å². The normalized spacial score (nSPS) is 13.5. The molecule has 1 unspecified atom stereocenters. The van der Waals surface area contributed by atoms with Gasteiger partial charge in [-0.1, -0.05) is 6.92 Å². The van der Waals surface area contributed by atoms with Crippen LogP contribution in [0.5, 0.6) is 11.5 Å². The third-order valence-electron chi connectivity index (χ3n) is 3.66. The number of benzene rings is 1. The van der Waals surface area contributed by atoms with Crippen LogP contribution in [-0.4, -0.2) is 23.7 Å². The molecule has 23 heavy (non-hydrogen) atoms. The second-order valence-electron chi connectivity index (χ2n) is 5.41. The monoisotopic (exact) mass is 313 g/mol. The number of fused-ring (bicyclic) bond motifs is 1. The van der Waals surface area contributed by atoms with Gasteiger partial charge in [0.1, 0.15) is 5.82 Å². The Kier molecular flexibility index (Phi) is 4.32. The molecule has 6 heteroatoms. The summed E-state index contributed by atoms with van der Waals surface area (Å²) in [6.45, 7) is 4.39. The number of nitrogens with zero attached hydrogens (tertiary/aromatic N) is 1. The van der Waals surface area contributed by atoms with Gasteiger partial charge in [-0.2, -0.15) is 0 Å². The quantitative estimate of drug-likeness (QED) is 0.886. The fourth-order valence-electron chi connectivity index (χ4n) is 2.15. The minimum absolute atomic E-state index is 0.189. The SMILES string of the molecule is CCC(C)Nc1ccc(NC(=O)c2ccc3c(c2)OCO3)cn1. The van der Waals surface area contributed by atoms with Gasteiger partial charge in [-0.15, -0.1) is 0 Å². The number of anilines is 2. The summed E-state index contributed by atoms with van der Waals surface area (Å²) in [4.78, 5) is 16.6. The van der Waals surface area contributed by atoms with Crippen molar-refractivity contribution in [2.45, 2.75) is 26.3 Å². The molecule has 0 saturated heterocycles. The molecule has 2 heterocycles. The van der Waals surface area contributed by atoms with Crippen molar-refractivity contribution in [2.75, 3.05) is 17.4 Å². The molecule has 120 valence electrons. The predicted molar refractivity (Wildman–Crippen MR) is 88.1 cm³/mol. The number of hydrogen-bond acceptors (Lipinski definition) is 5. The first-order valence-electron chi connectivity index (χ1n) is 7.59. The van der Waals surface area contributed by atoms with E-state index >= 15 is 0 Å². The van der Waals surface area contributed by atoms with Gasteiger partial charge in [-0.05, 0) is 43.7 Å². The molecular formula is C17H19N3O3. The molecule has 1 amide bonds. The molecule has 1 aromatic heterocycles. The molecular weight excluding hydrogens is 294 g/mol. The highest BCUT2D eigenvalue weighted by Crippen LogP contribution is 2.32. The summed E-state index contributed by atoms with van der Waals surface area (Å²) < 4.78 is 10.5. The fraction of sp³-hybridized carbons (Fsp3) is 0.294. The zero-order chi connectivity index (χ0) is 16.2.